The highest BCUT2D eigenvalue weighted by molar-refractivity contribution is 6.09. The van der Waals surface area contributed by atoms with Crippen LogP contribution in [0.15, 0.2) is 18.2 Å². The summed E-state index contributed by atoms with van der Waals surface area (Å²) in [6.07, 6.45) is 1.58. The zero-order valence-corrected chi connectivity index (χ0v) is 12.8. The topological polar surface area (TPSA) is 37.4 Å². The maximum atomic E-state index is 12.6. The molecule has 0 saturated carbocycles. The molecule has 1 heterocycles. The number of amides is 1. The van der Waals surface area contributed by atoms with E-state index in [1.165, 1.54) is 0 Å². The van der Waals surface area contributed by atoms with E-state index in [0.29, 0.717) is 13.0 Å². The summed E-state index contributed by atoms with van der Waals surface area (Å²) in [6.45, 7) is 8.48. The van der Waals surface area contributed by atoms with Gasteiger partial charge in [-0.05, 0) is 43.9 Å². The van der Waals surface area contributed by atoms with Crippen LogP contribution >= 0.6 is 0 Å². The molecule has 1 amide bonds. The second-order valence-corrected chi connectivity index (χ2v) is 6.03. The van der Waals surface area contributed by atoms with Gasteiger partial charge in [-0.2, -0.15) is 0 Å². The first kappa shape index (κ1) is 14.8. The van der Waals surface area contributed by atoms with Gasteiger partial charge in [-0.3, -0.25) is 9.59 Å². The summed E-state index contributed by atoms with van der Waals surface area (Å²) in [4.78, 5) is 26.6. The normalized spacial score (nSPS) is 19.6. The predicted molar refractivity (Wildman–Crippen MR) is 80.8 cm³/mol. The van der Waals surface area contributed by atoms with Crippen molar-refractivity contribution in [1.29, 1.82) is 0 Å². The molecule has 1 fully saturated rings. The lowest BCUT2D eigenvalue weighted by Gasteiger charge is -2.33. The van der Waals surface area contributed by atoms with Gasteiger partial charge in [-0.1, -0.05) is 26.0 Å². The highest BCUT2D eigenvalue weighted by atomic mass is 16.2. The summed E-state index contributed by atoms with van der Waals surface area (Å²) in [7, 11) is 0. The molecule has 3 nitrogen and oxygen atoms in total. The third-order valence-electron chi connectivity index (χ3n) is 4.01. The molecule has 0 aliphatic carbocycles. The molecule has 1 aliphatic rings. The monoisotopic (exact) mass is 273 g/mol. The minimum absolute atomic E-state index is 0.0244. The Labute approximate surface area is 121 Å². The maximum Gasteiger partial charge on any atom is 0.237 e. The van der Waals surface area contributed by atoms with Gasteiger partial charge in [0.15, 0.2) is 0 Å². The lowest BCUT2D eigenvalue weighted by molar-refractivity contribution is -0.135. The second-order valence-electron chi connectivity index (χ2n) is 6.03. The number of aryl methyl sites for hydroxylation is 2. The van der Waals surface area contributed by atoms with E-state index in [1.54, 1.807) is 4.90 Å². The van der Waals surface area contributed by atoms with Gasteiger partial charge in [-0.15, -0.1) is 0 Å². The van der Waals surface area contributed by atoms with E-state index in [0.717, 1.165) is 23.2 Å². The fourth-order valence-electron chi connectivity index (χ4n) is 2.79. The molecule has 3 heteroatoms. The average Bonchev–Trinajstić information content (AvgIpc) is 2.41. The van der Waals surface area contributed by atoms with Crippen LogP contribution in [0.3, 0.4) is 0 Å². The van der Waals surface area contributed by atoms with E-state index in [2.05, 4.69) is 0 Å². The lowest BCUT2D eigenvalue weighted by atomic mass is 9.87. The summed E-state index contributed by atoms with van der Waals surface area (Å²) in [5.74, 6) is -0.486. The van der Waals surface area contributed by atoms with Crippen molar-refractivity contribution in [1.82, 2.24) is 0 Å². The van der Waals surface area contributed by atoms with E-state index in [1.807, 2.05) is 45.9 Å². The van der Waals surface area contributed by atoms with Crippen molar-refractivity contribution in [3.63, 3.8) is 0 Å². The summed E-state index contributed by atoms with van der Waals surface area (Å²) in [5.41, 5.74) is 3.17. The van der Waals surface area contributed by atoms with Crippen molar-refractivity contribution in [2.75, 3.05) is 11.4 Å². The smallest absolute Gasteiger partial charge is 0.237 e. The van der Waals surface area contributed by atoms with Crippen LogP contribution in [0.5, 0.6) is 0 Å². The van der Waals surface area contributed by atoms with Crippen molar-refractivity contribution >= 4 is 17.4 Å². The molecule has 0 bridgehead atoms. The first-order chi connectivity index (χ1) is 9.41. The highest BCUT2D eigenvalue weighted by Gasteiger charge is 2.35. The minimum atomic E-state index is -0.455. The van der Waals surface area contributed by atoms with Crippen molar-refractivity contribution < 1.29 is 9.59 Å². The van der Waals surface area contributed by atoms with Crippen LogP contribution in [0.2, 0.25) is 0 Å². The van der Waals surface area contributed by atoms with Gasteiger partial charge in [0.25, 0.3) is 0 Å². The fourth-order valence-corrected chi connectivity index (χ4v) is 2.79. The summed E-state index contributed by atoms with van der Waals surface area (Å²) < 4.78 is 0. The van der Waals surface area contributed by atoms with Gasteiger partial charge in [0.05, 0.1) is 5.92 Å². The summed E-state index contributed by atoms with van der Waals surface area (Å²) >= 11 is 0. The zero-order chi connectivity index (χ0) is 14.9. The van der Waals surface area contributed by atoms with Gasteiger partial charge in [0.2, 0.25) is 5.91 Å². The van der Waals surface area contributed by atoms with Crippen molar-refractivity contribution in [3.8, 4) is 0 Å². The third-order valence-corrected chi connectivity index (χ3v) is 4.01. The van der Waals surface area contributed by atoms with Crippen LogP contribution in [0.1, 0.15) is 37.8 Å². The first-order valence-corrected chi connectivity index (χ1v) is 7.34. The zero-order valence-electron chi connectivity index (χ0n) is 12.8. The quantitative estimate of drug-likeness (QED) is 0.793. The molecule has 1 aliphatic heterocycles. The van der Waals surface area contributed by atoms with Gasteiger partial charge >= 0.3 is 0 Å². The van der Waals surface area contributed by atoms with Crippen molar-refractivity contribution in [2.24, 2.45) is 11.8 Å². The Bertz CT molecular complexity index is 534. The largest absolute Gasteiger partial charge is 0.312 e. The van der Waals surface area contributed by atoms with Crippen LogP contribution in [-0.2, 0) is 9.59 Å². The van der Waals surface area contributed by atoms with Crippen LogP contribution in [0.4, 0.5) is 5.69 Å². The van der Waals surface area contributed by atoms with E-state index >= 15 is 0 Å². The molecule has 0 spiro atoms. The number of benzene rings is 1. The molecular weight excluding hydrogens is 250 g/mol. The SMILES string of the molecule is Cc1ccc(C)c(N2CCC[C@H](C(=O)C(C)C)C2=O)c1. The molecule has 108 valence electrons. The fraction of sp³-hybridized carbons (Fsp3) is 0.529. The summed E-state index contributed by atoms with van der Waals surface area (Å²) in [5, 5.41) is 0. The molecule has 20 heavy (non-hydrogen) atoms. The Balaban J connectivity index is 2.31. The molecule has 0 aromatic heterocycles. The Kier molecular flexibility index (Phi) is 4.26. The first-order valence-electron chi connectivity index (χ1n) is 7.34. The Hall–Kier alpha value is -1.64. The van der Waals surface area contributed by atoms with Crippen LogP contribution in [0.25, 0.3) is 0 Å². The number of piperidine rings is 1. The van der Waals surface area contributed by atoms with Crippen LogP contribution < -0.4 is 4.90 Å². The van der Waals surface area contributed by atoms with E-state index in [-0.39, 0.29) is 17.6 Å². The number of carbonyl (C=O) groups is 2. The maximum absolute atomic E-state index is 12.6. The highest BCUT2D eigenvalue weighted by Crippen LogP contribution is 2.29. The number of anilines is 1. The number of rotatable bonds is 3. The number of hydrogen-bond acceptors (Lipinski definition) is 2. The van der Waals surface area contributed by atoms with E-state index < -0.39 is 5.92 Å². The number of Topliss-reactive ketones (excluding diaryl/α,β-unsaturated/α-hetero) is 1. The number of nitrogens with zero attached hydrogens (tertiary/aromatic N) is 1. The standard InChI is InChI=1S/C17H23NO2/c1-11(2)16(19)14-6-5-9-18(17(14)20)15-10-12(3)7-8-13(15)4/h7-8,10-11,14H,5-6,9H2,1-4H3/t14-/m1/s1. The van der Waals surface area contributed by atoms with Crippen molar-refractivity contribution in [2.45, 2.75) is 40.5 Å². The molecule has 2 rings (SSSR count). The van der Waals surface area contributed by atoms with Crippen LogP contribution in [-0.4, -0.2) is 18.2 Å². The molecule has 0 unspecified atom stereocenters. The molecule has 0 N–H and O–H groups in total. The lowest BCUT2D eigenvalue weighted by Crippen LogP contribution is -2.45. The molecule has 0 radical (unpaired) electrons. The molecule has 1 aromatic rings. The minimum Gasteiger partial charge on any atom is -0.312 e. The Morgan fingerprint density at radius 2 is 2.00 bits per heavy atom. The Morgan fingerprint density at radius 3 is 2.65 bits per heavy atom. The van der Waals surface area contributed by atoms with Crippen molar-refractivity contribution in [3.05, 3.63) is 29.3 Å². The molecular formula is C17H23NO2. The molecule has 1 aromatic carbocycles. The number of ketones is 1. The van der Waals surface area contributed by atoms with Gasteiger partial charge in [-0.25, -0.2) is 0 Å². The number of carbonyl (C=O) groups excluding carboxylic acids is 2. The molecule has 1 saturated heterocycles. The van der Waals surface area contributed by atoms with Gasteiger partial charge in [0, 0.05) is 18.2 Å². The summed E-state index contributed by atoms with van der Waals surface area (Å²) in [6, 6.07) is 6.12. The number of hydrogen-bond donors (Lipinski definition) is 0. The van der Waals surface area contributed by atoms with E-state index in [4.69, 9.17) is 0 Å². The molecule has 1 atom stereocenters. The Morgan fingerprint density at radius 1 is 1.30 bits per heavy atom. The average molecular weight is 273 g/mol. The van der Waals surface area contributed by atoms with Gasteiger partial charge < -0.3 is 4.90 Å². The van der Waals surface area contributed by atoms with Crippen LogP contribution in [0, 0.1) is 25.7 Å². The predicted octanol–water partition coefficient (Wildman–Crippen LogP) is 3.27. The van der Waals surface area contributed by atoms with Gasteiger partial charge in [0.1, 0.15) is 5.78 Å². The van der Waals surface area contributed by atoms with E-state index in [9.17, 15) is 9.59 Å². The second kappa shape index (κ2) is 5.78. The third kappa shape index (κ3) is 2.77.